The van der Waals surface area contributed by atoms with E-state index in [0.717, 1.165) is 0 Å². The fourth-order valence-electron chi connectivity index (χ4n) is 3.58. The summed E-state index contributed by atoms with van der Waals surface area (Å²) in [5, 5.41) is 20.1. The summed E-state index contributed by atoms with van der Waals surface area (Å²) in [6.07, 6.45) is -0.110. The Morgan fingerprint density at radius 1 is 1.23 bits per heavy atom. The third kappa shape index (κ3) is 9.10. The van der Waals surface area contributed by atoms with E-state index < -0.39 is 35.4 Å². The summed E-state index contributed by atoms with van der Waals surface area (Å²) < 4.78 is 33.4. The first-order chi connectivity index (χ1) is 20.6. The van der Waals surface area contributed by atoms with Crippen LogP contribution in [-0.4, -0.2) is 78.7 Å². The number of carbonyl (C=O) groups is 4. The van der Waals surface area contributed by atoms with E-state index in [-0.39, 0.29) is 17.4 Å². The summed E-state index contributed by atoms with van der Waals surface area (Å²) in [4.78, 5) is 52.1. The van der Waals surface area contributed by atoms with E-state index in [4.69, 9.17) is 44.6 Å². The van der Waals surface area contributed by atoms with Gasteiger partial charge in [0.05, 0.1) is 16.8 Å². The largest absolute Gasteiger partial charge is 0.490 e. The molecule has 2 aliphatic heterocycles. The monoisotopic (exact) mass is 713 g/mol. The van der Waals surface area contributed by atoms with Crippen LogP contribution in [0.2, 0.25) is 10.0 Å². The Morgan fingerprint density at radius 3 is 2.52 bits per heavy atom. The zero-order valence-corrected chi connectivity index (χ0v) is 25.9. The molecule has 2 amide bonds. The lowest BCUT2D eigenvalue weighted by Gasteiger charge is -2.49. The van der Waals surface area contributed by atoms with Crippen LogP contribution in [0.15, 0.2) is 58.9 Å². The maximum atomic E-state index is 12.8. The van der Waals surface area contributed by atoms with Crippen molar-refractivity contribution in [2.24, 2.45) is 0 Å². The van der Waals surface area contributed by atoms with Gasteiger partial charge in [0.25, 0.3) is 5.91 Å². The summed E-state index contributed by atoms with van der Waals surface area (Å²) in [5.74, 6) is -3.17. The summed E-state index contributed by atoms with van der Waals surface area (Å²) in [6.45, 7) is 0. The van der Waals surface area contributed by atoms with Crippen molar-refractivity contribution in [3.8, 4) is 0 Å². The molecule has 3 heterocycles. The molecular weight excluding hydrogens is 692 g/mol. The second-order valence-electron chi connectivity index (χ2n) is 8.56. The molecule has 0 saturated carbocycles. The smallest absolute Gasteiger partial charge is 0.477 e. The van der Waals surface area contributed by atoms with Crippen molar-refractivity contribution in [1.82, 2.24) is 15.2 Å². The molecule has 2 atom stereocenters. The van der Waals surface area contributed by atoms with Crippen molar-refractivity contribution in [2.75, 3.05) is 28.7 Å². The number of fused-ring (bicyclic) bond motifs is 1. The lowest BCUT2D eigenvalue weighted by molar-refractivity contribution is -0.481. The molecule has 12 nitrogen and oxygen atoms in total. The fourth-order valence-corrected chi connectivity index (χ4v) is 6.86. The molecule has 0 radical (unpaired) electrons. The number of carboxylic acids is 2. The number of carboxylic acid groups (broad SMARTS) is 2. The molecule has 0 bridgehead atoms. The molecule has 1 saturated heterocycles. The lowest BCUT2D eigenvalue weighted by Crippen LogP contribution is -2.70. The highest BCUT2D eigenvalue weighted by atomic mass is 35.5. The molecule has 20 heteroatoms. The highest BCUT2D eigenvalue weighted by molar-refractivity contribution is 8.00. The predicted octanol–water partition coefficient (Wildman–Crippen LogP) is 3.06. The number of amides is 2. The minimum absolute atomic E-state index is 0.0283. The standard InChI is InChI=1S/C22H20Cl2N6O4S3.C2HF3O2/c23-12-3-4-13(24)14(6-12)35-9-17(31)28-18-20(32)30-19(22(33)34)11(8-36-21(18)30)2-1-5-37-29-10-27-15(25)7-16(29)26;3-2(4,5)1(6)7/h1-4,6-7,10,18,21H,5,8-9H2,(H5,25,26,28,31,33,34);(H,6,7)/p+1/b2-1+;/t18-,21?;/m1./s1. The highest BCUT2D eigenvalue weighted by Gasteiger charge is 2.53. The average molecular weight is 715 g/mol. The fraction of sp³-hybridized carbons (Fsp3) is 0.250. The van der Waals surface area contributed by atoms with Gasteiger partial charge in [-0.1, -0.05) is 40.3 Å². The van der Waals surface area contributed by atoms with Crippen molar-refractivity contribution < 1.29 is 46.5 Å². The van der Waals surface area contributed by atoms with Gasteiger partial charge in [-0.25, -0.2) is 9.59 Å². The van der Waals surface area contributed by atoms with Gasteiger partial charge in [0.2, 0.25) is 23.9 Å². The second kappa shape index (κ2) is 15.1. The molecular formula is C24H22Cl2F3N6O6S3+. The molecule has 1 unspecified atom stereocenters. The first-order valence-electron chi connectivity index (χ1n) is 11.9. The number of benzene rings is 1. The SMILES string of the molecule is Nc1cc(N)[n+](SC/C=C/C2=C(C(=O)O)N3C(=O)[C@@H](NC(=O)CSc4cc(Cl)ccc4Cl)C3SC2)cn1.O=C(O)C(F)(F)F. The van der Waals surface area contributed by atoms with E-state index in [1.54, 1.807) is 34.3 Å². The number of carbonyl (C=O) groups excluding carboxylic acids is 2. The third-order valence-corrected chi connectivity index (χ3v) is 9.46. The number of nitrogens with zero attached hydrogens (tertiary/aromatic N) is 3. The maximum absolute atomic E-state index is 12.8. The van der Waals surface area contributed by atoms with Crippen molar-refractivity contribution >= 4 is 94.1 Å². The van der Waals surface area contributed by atoms with Gasteiger partial charge in [0.15, 0.2) is 0 Å². The number of allylic oxidation sites excluding steroid dienone is 1. The number of nitrogens with one attached hydrogen (secondary N) is 1. The van der Waals surface area contributed by atoms with Crippen LogP contribution in [0.25, 0.3) is 0 Å². The number of aliphatic carboxylic acids is 2. The molecule has 1 fully saturated rings. The molecule has 0 spiro atoms. The summed E-state index contributed by atoms with van der Waals surface area (Å²) in [6, 6.07) is 5.69. The first kappa shape index (κ1) is 35.2. The van der Waals surface area contributed by atoms with Crippen molar-refractivity contribution in [1.29, 1.82) is 0 Å². The number of aromatic nitrogens is 2. The summed E-state index contributed by atoms with van der Waals surface area (Å²) >= 11 is 16.0. The van der Waals surface area contributed by atoms with Crippen LogP contribution in [0.1, 0.15) is 0 Å². The summed E-state index contributed by atoms with van der Waals surface area (Å²) in [5.41, 5.74) is 11.9. The number of alkyl halides is 3. The van der Waals surface area contributed by atoms with Crippen LogP contribution in [0.3, 0.4) is 0 Å². The van der Waals surface area contributed by atoms with Crippen molar-refractivity contribution in [3.05, 3.63) is 64.1 Å². The minimum atomic E-state index is -5.08. The zero-order chi connectivity index (χ0) is 32.8. The van der Waals surface area contributed by atoms with Crippen LogP contribution < -0.4 is 20.8 Å². The number of halogens is 5. The molecule has 2 aliphatic rings. The van der Waals surface area contributed by atoms with Gasteiger partial charge in [0.1, 0.15) is 17.1 Å². The van der Waals surface area contributed by atoms with E-state index in [0.29, 0.717) is 43.7 Å². The number of β-lactam (4-membered cyclic amide) rings is 1. The Morgan fingerprint density at radius 2 is 1.91 bits per heavy atom. The Balaban J connectivity index is 0.000000676. The molecule has 1 aromatic heterocycles. The van der Waals surface area contributed by atoms with Gasteiger partial charge in [-0.2, -0.15) is 17.1 Å². The van der Waals surface area contributed by atoms with E-state index in [1.807, 2.05) is 0 Å². The number of hydrogen-bond acceptors (Lipinski definition) is 10. The first-order valence-corrected chi connectivity index (χ1v) is 15.6. The third-order valence-electron chi connectivity index (χ3n) is 5.50. The van der Waals surface area contributed by atoms with E-state index >= 15 is 0 Å². The van der Waals surface area contributed by atoms with Crippen LogP contribution in [0, 0.1) is 0 Å². The van der Waals surface area contributed by atoms with Gasteiger partial charge in [-0.15, -0.1) is 23.5 Å². The second-order valence-corrected chi connectivity index (χ2v) is 12.5. The van der Waals surface area contributed by atoms with Crippen molar-refractivity contribution in [3.63, 3.8) is 0 Å². The number of hydrogen-bond donors (Lipinski definition) is 5. The highest BCUT2D eigenvalue weighted by Crippen LogP contribution is 2.41. The topological polar surface area (TPSA) is 193 Å². The van der Waals surface area contributed by atoms with Gasteiger partial charge in [-0.05, 0) is 23.8 Å². The van der Waals surface area contributed by atoms with Gasteiger partial charge >= 0.3 is 18.1 Å². The summed E-state index contributed by atoms with van der Waals surface area (Å²) in [7, 11) is 0. The van der Waals surface area contributed by atoms with E-state index in [9.17, 15) is 32.7 Å². The van der Waals surface area contributed by atoms with Gasteiger partial charge in [-0.3, -0.25) is 14.5 Å². The molecule has 7 N–H and O–H groups in total. The molecule has 44 heavy (non-hydrogen) atoms. The van der Waals surface area contributed by atoms with Crippen LogP contribution in [-0.2, 0) is 19.2 Å². The molecule has 0 aliphatic carbocycles. The van der Waals surface area contributed by atoms with Gasteiger partial charge in [0, 0.05) is 33.4 Å². The predicted molar refractivity (Wildman–Crippen MR) is 161 cm³/mol. The van der Waals surface area contributed by atoms with Gasteiger partial charge < -0.3 is 27.0 Å². The number of anilines is 2. The Labute approximate surface area is 270 Å². The van der Waals surface area contributed by atoms with Crippen molar-refractivity contribution in [2.45, 2.75) is 22.5 Å². The zero-order valence-electron chi connectivity index (χ0n) is 22.0. The number of thioether (sulfide) groups is 2. The van der Waals surface area contributed by atoms with Crippen LogP contribution >= 0.6 is 58.7 Å². The molecule has 2 aromatic rings. The maximum Gasteiger partial charge on any atom is 0.490 e. The Hall–Kier alpha value is -3.32. The van der Waals surface area contributed by atoms with E-state index in [2.05, 4.69) is 10.3 Å². The number of nitrogens with two attached hydrogens (primary N) is 2. The average Bonchev–Trinajstić information content (AvgIpc) is 2.94. The van der Waals surface area contributed by atoms with E-state index in [1.165, 1.54) is 52.8 Å². The Bertz CT molecular complexity index is 1530. The normalized spacial score (nSPS) is 17.8. The Kier molecular flexibility index (Phi) is 12.1. The molecule has 4 rings (SSSR count). The number of rotatable bonds is 9. The number of nitrogen functional groups attached to an aromatic ring is 2. The molecule has 1 aromatic carbocycles. The molecule has 236 valence electrons. The minimum Gasteiger partial charge on any atom is -0.477 e. The quantitative estimate of drug-likeness (QED) is 0.145. The van der Waals surface area contributed by atoms with Crippen LogP contribution in [0.5, 0.6) is 0 Å². The lowest BCUT2D eigenvalue weighted by atomic mass is 10.0. The van der Waals surface area contributed by atoms with Crippen LogP contribution in [0.4, 0.5) is 24.8 Å².